The van der Waals surface area contributed by atoms with Gasteiger partial charge >= 0.3 is 0 Å². The lowest BCUT2D eigenvalue weighted by atomic mass is 10.6. The maximum absolute atomic E-state index is 6.03. The molecule has 1 rings (SSSR count). The van der Waals surface area contributed by atoms with Crippen molar-refractivity contribution in [1.82, 2.24) is 0 Å². The lowest BCUT2D eigenvalue weighted by Gasteiger charge is -2.25. The van der Waals surface area contributed by atoms with Gasteiger partial charge in [0, 0.05) is 6.16 Å². The standard InChI is InChI=1S/C5H12Cl4N3P3/c1-3-5-13(4-2)10-14(6,7)12-15(8,9)11-13/h3-5H2,1-2H3. The Morgan fingerprint density at radius 2 is 1.40 bits per heavy atom. The van der Waals surface area contributed by atoms with E-state index in [4.69, 9.17) is 45.0 Å². The lowest BCUT2D eigenvalue weighted by Crippen LogP contribution is -1.89. The highest BCUT2D eigenvalue weighted by Gasteiger charge is 2.31. The molecule has 0 aliphatic carbocycles. The summed E-state index contributed by atoms with van der Waals surface area (Å²) >= 11 is 24.1. The molecule has 0 bridgehead atoms. The van der Waals surface area contributed by atoms with Crippen molar-refractivity contribution in [2.24, 2.45) is 13.5 Å². The maximum atomic E-state index is 6.03. The second-order valence-corrected chi connectivity index (χ2v) is 16.6. The minimum atomic E-state index is -2.69. The van der Waals surface area contributed by atoms with Gasteiger partial charge in [0.15, 0.2) is 0 Å². The summed E-state index contributed by atoms with van der Waals surface area (Å²) in [6.07, 6.45) is 2.64. The molecule has 0 amide bonds. The van der Waals surface area contributed by atoms with Crippen LogP contribution < -0.4 is 0 Å². The Bertz CT molecular complexity index is 398. The zero-order chi connectivity index (χ0) is 11.7. The van der Waals surface area contributed by atoms with Gasteiger partial charge in [0.05, 0.1) is 7.21 Å². The SMILES string of the molecule is CCCP1(CC)=NP(Cl)(Cl)=NP(Cl)(Cl)=N1. The van der Waals surface area contributed by atoms with Crippen LogP contribution in [0.1, 0.15) is 20.3 Å². The minimum Gasteiger partial charge on any atom is -0.213 e. The van der Waals surface area contributed by atoms with Crippen LogP contribution in [0, 0.1) is 0 Å². The number of hydrogen-bond donors (Lipinski definition) is 0. The first-order valence-electron chi connectivity index (χ1n) is 4.42. The average Bonchev–Trinajstić information content (AvgIpc) is 1.98. The highest BCUT2D eigenvalue weighted by Crippen LogP contribution is 2.85. The quantitative estimate of drug-likeness (QED) is 0.476. The van der Waals surface area contributed by atoms with Crippen LogP contribution in [0.3, 0.4) is 0 Å². The van der Waals surface area contributed by atoms with Crippen molar-refractivity contribution >= 4 is 64.0 Å². The van der Waals surface area contributed by atoms with Gasteiger partial charge in [-0.3, -0.25) is 0 Å². The van der Waals surface area contributed by atoms with E-state index in [1.807, 2.05) is 6.92 Å². The number of nitrogens with zero attached hydrogens (tertiary/aromatic N) is 3. The third-order valence-electron chi connectivity index (χ3n) is 1.85. The van der Waals surface area contributed by atoms with Gasteiger partial charge in [0.2, 0.25) is 0 Å². The van der Waals surface area contributed by atoms with E-state index < -0.39 is 19.0 Å². The number of halogens is 4. The van der Waals surface area contributed by atoms with E-state index in [9.17, 15) is 0 Å². The topological polar surface area (TPSA) is 37.1 Å². The first kappa shape index (κ1) is 14.9. The van der Waals surface area contributed by atoms with Gasteiger partial charge in [-0.25, -0.2) is 9.03 Å². The van der Waals surface area contributed by atoms with Crippen molar-refractivity contribution in [3.63, 3.8) is 0 Å². The van der Waals surface area contributed by atoms with E-state index in [1.54, 1.807) is 0 Å². The molecule has 0 N–H and O–H groups in total. The minimum absolute atomic E-state index is 0.804. The molecule has 0 aromatic carbocycles. The van der Waals surface area contributed by atoms with Crippen LogP contribution in [0.5, 0.6) is 0 Å². The first-order chi connectivity index (χ1) is 6.74. The fraction of sp³-hybridized carbons (Fsp3) is 1.00. The average molecular weight is 349 g/mol. The summed E-state index contributed by atoms with van der Waals surface area (Å²) in [4.78, 5) is 0. The van der Waals surface area contributed by atoms with Crippen molar-refractivity contribution in [2.45, 2.75) is 20.3 Å². The molecule has 1 atom stereocenters. The zero-order valence-corrected chi connectivity index (χ0v) is 14.0. The Hall–Kier alpha value is 1.85. The molecule has 0 aromatic heterocycles. The Morgan fingerprint density at radius 1 is 0.867 bits per heavy atom. The molecule has 0 aromatic rings. The van der Waals surface area contributed by atoms with Gasteiger partial charge < -0.3 is 0 Å². The van der Waals surface area contributed by atoms with Crippen LogP contribution in [-0.2, 0) is 0 Å². The molecule has 1 aliphatic heterocycles. The van der Waals surface area contributed by atoms with Gasteiger partial charge in [-0.15, -0.1) is 0 Å². The van der Waals surface area contributed by atoms with E-state index in [2.05, 4.69) is 20.5 Å². The van der Waals surface area contributed by atoms with Crippen LogP contribution in [0.4, 0.5) is 0 Å². The highest BCUT2D eigenvalue weighted by molar-refractivity contribution is 8.21. The maximum Gasteiger partial charge on any atom is 0.255 e. The van der Waals surface area contributed by atoms with Gasteiger partial charge in [0.25, 0.3) is 11.8 Å². The molecule has 15 heavy (non-hydrogen) atoms. The van der Waals surface area contributed by atoms with Crippen LogP contribution >= 0.6 is 64.0 Å². The molecule has 1 unspecified atom stereocenters. The molecule has 0 fully saturated rings. The van der Waals surface area contributed by atoms with Crippen LogP contribution in [0.25, 0.3) is 0 Å². The lowest BCUT2D eigenvalue weighted by molar-refractivity contribution is 1.08. The third-order valence-corrected chi connectivity index (χ3v) is 15.0. The van der Waals surface area contributed by atoms with Gasteiger partial charge in [-0.2, -0.15) is 4.52 Å². The van der Waals surface area contributed by atoms with Crippen molar-refractivity contribution in [1.29, 1.82) is 0 Å². The zero-order valence-electron chi connectivity index (χ0n) is 8.32. The van der Waals surface area contributed by atoms with E-state index in [0.717, 1.165) is 18.7 Å². The first-order valence-corrected chi connectivity index (χ1v) is 13.5. The summed E-state index contributed by atoms with van der Waals surface area (Å²) in [6.45, 7) is 4.09. The molecular formula is C5H12Cl4N3P3. The van der Waals surface area contributed by atoms with E-state index in [1.165, 1.54) is 0 Å². The van der Waals surface area contributed by atoms with Crippen molar-refractivity contribution in [2.75, 3.05) is 12.3 Å². The van der Waals surface area contributed by atoms with E-state index in [-0.39, 0.29) is 0 Å². The Kier molecular flexibility index (Phi) is 5.20. The summed E-state index contributed by atoms with van der Waals surface area (Å²) < 4.78 is 12.8. The molecule has 10 heteroatoms. The van der Waals surface area contributed by atoms with Crippen LogP contribution in [0.15, 0.2) is 13.5 Å². The normalized spacial score (nSPS) is 32.4. The van der Waals surface area contributed by atoms with Gasteiger partial charge in [-0.05, 0) is 57.5 Å². The Balaban J connectivity index is 3.39. The highest BCUT2D eigenvalue weighted by atomic mass is 35.9. The molecule has 0 saturated heterocycles. The number of hydrogen-bond acceptors (Lipinski definition) is 3. The van der Waals surface area contributed by atoms with E-state index >= 15 is 0 Å². The predicted octanol–water partition coefficient (Wildman–Crippen LogP) is 7.39. The van der Waals surface area contributed by atoms with Crippen LogP contribution in [0.2, 0.25) is 0 Å². The summed E-state index contributed by atoms with van der Waals surface area (Å²) in [6, 6.07) is 0. The molecule has 0 radical (unpaired) electrons. The molecule has 3 nitrogen and oxygen atoms in total. The monoisotopic (exact) mass is 347 g/mol. The van der Waals surface area contributed by atoms with Crippen LogP contribution in [-0.4, -0.2) is 12.3 Å². The summed E-state index contributed by atoms with van der Waals surface area (Å²) in [5, 5.41) is 0. The summed E-state index contributed by atoms with van der Waals surface area (Å²) in [5.41, 5.74) is 0. The Labute approximate surface area is 110 Å². The number of rotatable bonds is 3. The molecule has 0 saturated carbocycles. The fourth-order valence-electron chi connectivity index (χ4n) is 1.32. The second-order valence-electron chi connectivity index (χ2n) is 3.10. The van der Waals surface area contributed by atoms with E-state index in [0.29, 0.717) is 0 Å². The van der Waals surface area contributed by atoms with Crippen molar-refractivity contribution < 1.29 is 0 Å². The third kappa shape index (κ3) is 4.22. The second kappa shape index (κ2) is 5.23. The summed E-state index contributed by atoms with van der Waals surface area (Å²) in [5.74, 6) is -5.38. The van der Waals surface area contributed by atoms with Gasteiger partial charge in [0.1, 0.15) is 0 Å². The molecule has 1 aliphatic rings. The molecule has 1 heterocycles. The summed E-state index contributed by atoms with van der Waals surface area (Å²) in [7, 11) is -1.89. The molecular weight excluding hydrogens is 337 g/mol. The van der Waals surface area contributed by atoms with Crippen molar-refractivity contribution in [3.05, 3.63) is 0 Å². The molecule has 0 spiro atoms. The molecule has 90 valence electrons. The largest absolute Gasteiger partial charge is 0.255 e. The van der Waals surface area contributed by atoms with Crippen molar-refractivity contribution in [3.8, 4) is 0 Å². The Morgan fingerprint density at radius 3 is 1.80 bits per heavy atom. The smallest absolute Gasteiger partial charge is 0.213 e. The fourth-order valence-corrected chi connectivity index (χ4v) is 19.0. The van der Waals surface area contributed by atoms with Gasteiger partial charge in [-0.1, -0.05) is 13.8 Å². The predicted molar refractivity (Wildman–Crippen MR) is 77.2 cm³/mol.